The maximum Gasteiger partial charge on any atom is 0.346 e. The Morgan fingerprint density at radius 2 is 2.04 bits per heavy atom. The number of carbonyl (C=O) groups is 2. The van der Waals surface area contributed by atoms with E-state index < -0.39 is 11.6 Å². The van der Waals surface area contributed by atoms with Crippen molar-refractivity contribution in [2.75, 3.05) is 18.0 Å². The number of carbonyl (C=O) groups excluding carboxylic acids is 2. The number of anilines is 1. The zero-order chi connectivity index (χ0) is 16.4. The molecule has 2 aliphatic heterocycles. The van der Waals surface area contributed by atoms with Crippen LogP contribution in [0.1, 0.15) is 44.4 Å². The van der Waals surface area contributed by atoms with Gasteiger partial charge in [-0.3, -0.25) is 4.79 Å². The molecule has 0 radical (unpaired) electrons. The van der Waals surface area contributed by atoms with Crippen molar-refractivity contribution in [1.29, 1.82) is 0 Å². The Labute approximate surface area is 140 Å². The summed E-state index contributed by atoms with van der Waals surface area (Å²) in [6.45, 7) is 5.79. The summed E-state index contributed by atoms with van der Waals surface area (Å²) >= 11 is 1.64. The Kier molecular flexibility index (Phi) is 4.39. The third-order valence-electron chi connectivity index (χ3n) is 4.53. The average molecular weight is 334 g/mol. The predicted octanol–water partition coefficient (Wildman–Crippen LogP) is 2.79. The number of amides is 3. The molecule has 3 amide bonds. The molecule has 0 spiro atoms. The minimum Gasteiger partial charge on any atom is -0.363 e. The van der Waals surface area contributed by atoms with Crippen molar-refractivity contribution in [2.45, 2.75) is 45.1 Å². The van der Waals surface area contributed by atoms with Gasteiger partial charge in [0.2, 0.25) is 0 Å². The molecular formula is C16H22N4O2S. The van der Waals surface area contributed by atoms with Crippen LogP contribution >= 0.6 is 11.3 Å². The summed E-state index contributed by atoms with van der Waals surface area (Å²) < 4.78 is 0. The lowest BCUT2D eigenvalue weighted by molar-refractivity contribution is -0.130. The van der Waals surface area contributed by atoms with Crippen LogP contribution in [0, 0.1) is 0 Å². The lowest BCUT2D eigenvalue weighted by Crippen LogP contribution is -2.42. The molecule has 3 heterocycles. The van der Waals surface area contributed by atoms with Gasteiger partial charge in [0.15, 0.2) is 0 Å². The van der Waals surface area contributed by atoms with E-state index in [4.69, 9.17) is 0 Å². The molecule has 1 atom stereocenters. The first-order chi connectivity index (χ1) is 11.0. The highest BCUT2D eigenvalue weighted by molar-refractivity contribution is 7.17. The minimum absolute atomic E-state index is 0.297. The molecule has 2 fully saturated rings. The molecule has 2 aliphatic rings. The van der Waals surface area contributed by atoms with Gasteiger partial charge in [0.25, 0.3) is 5.91 Å². The smallest absolute Gasteiger partial charge is 0.346 e. The van der Waals surface area contributed by atoms with E-state index in [1.807, 2.05) is 13.0 Å². The summed E-state index contributed by atoms with van der Waals surface area (Å²) in [7, 11) is 0. The summed E-state index contributed by atoms with van der Waals surface area (Å²) in [6, 6.07) is 3.61. The van der Waals surface area contributed by atoms with E-state index in [9.17, 15) is 9.59 Å². The molecule has 0 aliphatic carbocycles. The standard InChI is InChI=1S/C16H22N4O2S/c1-3-16(2)14(21)20(15(22)18-16)17-11-12-7-8-13(23-12)19-9-5-4-6-10-19/h7-8,11H,3-6,9-10H2,1-2H3,(H,18,22). The largest absolute Gasteiger partial charge is 0.363 e. The summed E-state index contributed by atoms with van der Waals surface area (Å²) in [6.07, 6.45) is 5.91. The molecule has 2 saturated heterocycles. The SMILES string of the molecule is CCC1(C)NC(=O)N(N=Cc2ccc(N3CCCCC3)s2)C1=O. The van der Waals surface area contributed by atoms with Crippen molar-refractivity contribution in [3.05, 3.63) is 17.0 Å². The van der Waals surface area contributed by atoms with Gasteiger partial charge >= 0.3 is 6.03 Å². The highest BCUT2D eigenvalue weighted by Gasteiger charge is 2.46. The number of urea groups is 1. The molecule has 0 bridgehead atoms. The Morgan fingerprint density at radius 1 is 1.30 bits per heavy atom. The molecule has 6 nitrogen and oxygen atoms in total. The number of imide groups is 1. The molecule has 0 aromatic carbocycles. The molecule has 1 unspecified atom stereocenters. The third kappa shape index (κ3) is 3.10. The van der Waals surface area contributed by atoms with Gasteiger partial charge in [0.1, 0.15) is 5.54 Å². The lowest BCUT2D eigenvalue weighted by atomic mass is 10.00. The number of hydrogen-bond donors (Lipinski definition) is 1. The second-order valence-corrected chi connectivity index (χ2v) is 7.29. The summed E-state index contributed by atoms with van der Waals surface area (Å²) in [5, 5.41) is 8.95. The molecule has 1 aromatic rings. The molecule has 23 heavy (non-hydrogen) atoms. The Hall–Kier alpha value is -1.89. The number of hydrogen-bond acceptors (Lipinski definition) is 5. The Balaban J connectivity index is 1.70. The van der Waals surface area contributed by atoms with Crippen LogP contribution in [0.15, 0.2) is 17.2 Å². The van der Waals surface area contributed by atoms with E-state index in [0.717, 1.165) is 23.0 Å². The van der Waals surface area contributed by atoms with Gasteiger partial charge < -0.3 is 10.2 Å². The molecule has 0 saturated carbocycles. The van der Waals surface area contributed by atoms with Crippen LogP contribution in [0.2, 0.25) is 0 Å². The Morgan fingerprint density at radius 3 is 2.70 bits per heavy atom. The van der Waals surface area contributed by atoms with Gasteiger partial charge in [-0.15, -0.1) is 16.3 Å². The summed E-state index contributed by atoms with van der Waals surface area (Å²) in [4.78, 5) is 27.5. The van der Waals surface area contributed by atoms with Crippen LogP contribution in [0.25, 0.3) is 0 Å². The van der Waals surface area contributed by atoms with Crippen LogP contribution in [-0.4, -0.2) is 41.8 Å². The number of nitrogens with zero attached hydrogens (tertiary/aromatic N) is 3. The molecule has 1 N–H and O–H groups in total. The number of nitrogens with one attached hydrogen (secondary N) is 1. The van der Waals surface area contributed by atoms with E-state index in [-0.39, 0.29) is 5.91 Å². The maximum atomic E-state index is 12.3. The van der Waals surface area contributed by atoms with E-state index in [1.165, 1.54) is 24.3 Å². The normalized spacial score (nSPS) is 25.5. The first-order valence-corrected chi connectivity index (χ1v) is 8.90. The first-order valence-electron chi connectivity index (χ1n) is 8.09. The fourth-order valence-electron chi connectivity index (χ4n) is 2.82. The van der Waals surface area contributed by atoms with Crippen molar-refractivity contribution in [3.8, 4) is 0 Å². The molecule has 124 valence electrons. The van der Waals surface area contributed by atoms with Gasteiger partial charge in [-0.25, -0.2) is 4.79 Å². The van der Waals surface area contributed by atoms with Crippen LogP contribution < -0.4 is 10.2 Å². The second-order valence-electron chi connectivity index (χ2n) is 6.20. The maximum absolute atomic E-state index is 12.3. The number of piperidine rings is 1. The van der Waals surface area contributed by atoms with Crippen molar-refractivity contribution < 1.29 is 9.59 Å². The van der Waals surface area contributed by atoms with Gasteiger partial charge in [0.05, 0.1) is 11.2 Å². The summed E-state index contributed by atoms with van der Waals surface area (Å²) in [5.74, 6) is -0.297. The van der Waals surface area contributed by atoms with Crippen LogP contribution in [0.3, 0.4) is 0 Å². The molecule has 7 heteroatoms. The first kappa shape index (κ1) is 16.0. The highest BCUT2D eigenvalue weighted by atomic mass is 32.1. The van der Waals surface area contributed by atoms with Gasteiger partial charge in [-0.2, -0.15) is 5.10 Å². The number of thiophene rings is 1. The van der Waals surface area contributed by atoms with Crippen LogP contribution in [-0.2, 0) is 4.79 Å². The number of hydrazone groups is 1. The zero-order valence-corrected chi connectivity index (χ0v) is 14.4. The van der Waals surface area contributed by atoms with E-state index in [1.54, 1.807) is 24.5 Å². The van der Waals surface area contributed by atoms with Gasteiger partial charge in [-0.1, -0.05) is 6.92 Å². The van der Waals surface area contributed by atoms with Crippen LogP contribution in [0.4, 0.5) is 9.80 Å². The number of rotatable bonds is 4. The quantitative estimate of drug-likeness (QED) is 0.680. The van der Waals surface area contributed by atoms with Gasteiger partial charge in [0, 0.05) is 18.0 Å². The molecule has 1 aromatic heterocycles. The van der Waals surface area contributed by atoms with Crippen LogP contribution in [0.5, 0.6) is 0 Å². The minimum atomic E-state index is -0.844. The fraction of sp³-hybridized carbons (Fsp3) is 0.562. The van der Waals surface area contributed by atoms with E-state index in [0.29, 0.717) is 6.42 Å². The monoisotopic (exact) mass is 334 g/mol. The summed E-state index contributed by atoms with van der Waals surface area (Å²) in [5.41, 5.74) is -0.844. The Bertz CT molecular complexity index is 636. The van der Waals surface area contributed by atoms with E-state index in [2.05, 4.69) is 21.4 Å². The highest BCUT2D eigenvalue weighted by Crippen LogP contribution is 2.28. The van der Waals surface area contributed by atoms with Crippen molar-refractivity contribution >= 4 is 34.5 Å². The third-order valence-corrected chi connectivity index (χ3v) is 5.61. The average Bonchev–Trinajstić information content (AvgIpc) is 3.11. The predicted molar refractivity (Wildman–Crippen MR) is 92.1 cm³/mol. The van der Waals surface area contributed by atoms with Gasteiger partial charge in [-0.05, 0) is 44.7 Å². The molecular weight excluding hydrogens is 312 g/mol. The lowest BCUT2D eigenvalue weighted by Gasteiger charge is -2.27. The van der Waals surface area contributed by atoms with Crippen molar-refractivity contribution in [1.82, 2.24) is 10.3 Å². The fourth-order valence-corrected chi connectivity index (χ4v) is 3.75. The van der Waals surface area contributed by atoms with Crippen molar-refractivity contribution in [3.63, 3.8) is 0 Å². The van der Waals surface area contributed by atoms with Crippen molar-refractivity contribution in [2.24, 2.45) is 5.10 Å². The molecule has 3 rings (SSSR count). The second kappa shape index (κ2) is 6.31. The topological polar surface area (TPSA) is 65.0 Å². The zero-order valence-electron chi connectivity index (χ0n) is 13.5. The van der Waals surface area contributed by atoms with E-state index >= 15 is 0 Å².